The lowest BCUT2D eigenvalue weighted by Gasteiger charge is -1.92. The fourth-order valence-electron chi connectivity index (χ4n) is 0.654. The molecule has 0 fully saturated rings. The highest BCUT2D eigenvalue weighted by molar-refractivity contribution is 6.67. The quantitative estimate of drug-likeness (QED) is 0.644. The van der Waals surface area contributed by atoms with Crippen LogP contribution in [0.1, 0.15) is 36.0 Å². The second-order valence-electron chi connectivity index (χ2n) is 2.54. The van der Waals surface area contributed by atoms with Gasteiger partial charge in [-0.25, -0.2) is 0 Å². The molecule has 11 heavy (non-hydrogen) atoms. The standard InChI is InChI=1S/C7H8ClNO2/c1-4(2)6-3-5(7(8)10)9-11-6/h3-4H,1-2H3. The van der Waals surface area contributed by atoms with E-state index in [0.29, 0.717) is 5.76 Å². The van der Waals surface area contributed by atoms with E-state index in [2.05, 4.69) is 5.16 Å². The summed E-state index contributed by atoms with van der Waals surface area (Å²) in [4.78, 5) is 10.5. The molecular weight excluding hydrogens is 166 g/mol. The Balaban J connectivity index is 2.90. The van der Waals surface area contributed by atoms with Crippen molar-refractivity contribution in [3.8, 4) is 0 Å². The van der Waals surface area contributed by atoms with Crippen LogP contribution in [0.3, 0.4) is 0 Å². The third-order valence-electron chi connectivity index (χ3n) is 1.30. The zero-order chi connectivity index (χ0) is 8.43. The second kappa shape index (κ2) is 3.05. The molecule has 1 rings (SSSR count). The number of hydrogen-bond donors (Lipinski definition) is 0. The first kappa shape index (κ1) is 8.27. The van der Waals surface area contributed by atoms with Crippen LogP contribution in [0.5, 0.6) is 0 Å². The summed E-state index contributed by atoms with van der Waals surface area (Å²) in [6.07, 6.45) is 0. The molecule has 0 amide bonds. The molecule has 0 aliphatic carbocycles. The SMILES string of the molecule is CC(C)c1cc(C(=O)Cl)no1. The lowest BCUT2D eigenvalue weighted by atomic mass is 10.1. The van der Waals surface area contributed by atoms with Gasteiger partial charge in [0, 0.05) is 12.0 Å². The van der Waals surface area contributed by atoms with Crippen molar-refractivity contribution in [1.82, 2.24) is 5.16 Å². The van der Waals surface area contributed by atoms with Crippen LogP contribution in [0.15, 0.2) is 10.6 Å². The minimum Gasteiger partial charge on any atom is -0.360 e. The average Bonchev–Trinajstić information content (AvgIpc) is 2.33. The van der Waals surface area contributed by atoms with Crippen molar-refractivity contribution in [3.63, 3.8) is 0 Å². The zero-order valence-electron chi connectivity index (χ0n) is 6.30. The van der Waals surface area contributed by atoms with Crippen molar-refractivity contribution in [2.75, 3.05) is 0 Å². The Hall–Kier alpha value is -0.830. The molecule has 0 saturated heterocycles. The van der Waals surface area contributed by atoms with Crippen LogP contribution in [-0.2, 0) is 0 Å². The van der Waals surface area contributed by atoms with Gasteiger partial charge in [0.2, 0.25) is 0 Å². The fraction of sp³-hybridized carbons (Fsp3) is 0.429. The predicted molar refractivity (Wildman–Crippen MR) is 40.8 cm³/mol. The Kier molecular flexibility index (Phi) is 2.29. The highest BCUT2D eigenvalue weighted by Gasteiger charge is 2.11. The molecule has 0 atom stereocenters. The van der Waals surface area contributed by atoms with Crippen LogP contribution in [-0.4, -0.2) is 10.4 Å². The maximum absolute atomic E-state index is 10.5. The Bertz CT molecular complexity index is 267. The number of rotatable bonds is 2. The molecule has 0 bridgehead atoms. The maximum Gasteiger partial charge on any atom is 0.274 e. The molecule has 0 N–H and O–H groups in total. The number of carbonyl (C=O) groups excluding carboxylic acids is 1. The van der Waals surface area contributed by atoms with Gasteiger partial charge >= 0.3 is 0 Å². The minimum absolute atomic E-state index is 0.176. The van der Waals surface area contributed by atoms with E-state index in [-0.39, 0.29) is 11.6 Å². The molecule has 0 aliphatic heterocycles. The van der Waals surface area contributed by atoms with Crippen molar-refractivity contribution in [2.45, 2.75) is 19.8 Å². The molecule has 4 heteroatoms. The van der Waals surface area contributed by atoms with Crippen LogP contribution >= 0.6 is 11.6 Å². The second-order valence-corrected chi connectivity index (χ2v) is 2.89. The number of nitrogens with zero attached hydrogens (tertiary/aromatic N) is 1. The summed E-state index contributed by atoms with van der Waals surface area (Å²) in [6, 6.07) is 1.56. The van der Waals surface area contributed by atoms with Crippen molar-refractivity contribution in [2.24, 2.45) is 0 Å². The first-order chi connectivity index (χ1) is 5.11. The van der Waals surface area contributed by atoms with E-state index in [1.165, 1.54) is 0 Å². The van der Waals surface area contributed by atoms with Gasteiger partial charge in [0.05, 0.1) is 0 Å². The fourth-order valence-corrected chi connectivity index (χ4v) is 0.743. The van der Waals surface area contributed by atoms with E-state index in [1.807, 2.05) is 13.8 Å². The van der Waals surface area contributed by atoms with Crippen LogP contribution in [0.25, 0.3) is 0 Å². The van der Waals surface area contributed by atoms with Gasteiger partial charge in [-0.2, -0.15) is 0 Å². The van der Waals surface area contributed by atoms with Crippen molar-refractivity contribution in [3.05, 3.63) is 17.5 Å². The van der Waals surface area contributed by atoms with Crippen molar-refractivity contribution >= 4 is 16.8 Å². The van der Waals surface area contributed by atoms with Gasteiger partial charge in [-0.05, 0) is 11.6 Å². The highest BCUT2D eigenvalue weighted by atomic mass is 35.5. The van der Waals surface area contributed by atoms with Gasteiger partial charge in [-0.1, -0.05) is 19.0 Å². The summed E-state index contributed by atoms with van der Waals surface area (Å²) in [5.74, 6) is 0.904. The summed E-state index contributed by atoms with van der Waals surface area (Å²) in [5, 5.41) is 2.90. The first-order valence-electron chi connectivity index (χ1n) is 3.27. The molecule has 1 aromatic heterocycles. The van der Waals surface area contributed by atoms with Gasteiger partial charge < -0.3 is 4.52 Å². The van der Waals surface area contributed by atoms with Gasteiger partial charge in [0.1, 0.15) is 5.76 Å². The molecule has 60 valence electrons. The van der Waals surface area contributed by atoms with Gasteiger partial charge in [-0.15, -0.1) is 0 Å². The largest absolute Gasteiger partial charge is 0.360 e. The molecule has 0 spiro atoms. The average molecular weight is 174 g/mol. The summed E-state index contributed by atoms with van der Waals surface area (Å²) < 4.78 is 4.83. The molecule has 0 unspecified atom stereocenters. The maximum atomic E-state index is 10.5. The Morgan fingerprint density at radius 1 is 1.73 bits per heavy atom. The van der Waals surface area contributed by atoms with Gasteiger partial charge in [0.15, 0.2) is 5.69 Å². The molecular formula is C7H8ClNO2. The molecule has 3 nitrogen and oxygen atoms in total. The van der Waals surface area contributed by atoms with E-state index < -0.39 is 5.24 Å². The predicted octanol–water partition coefficient (Wildman–Crippen LogP) is 2.18. The molecule has 0 aliphatic rings. The topological polar surface area (TPSA) is 43.1 Å². The molecule has 0 aromatic carbocycles. The number of hydrogen-bond acceptors (Lipinski definition) is 3. The Morgan fingerprint density at radius 2 is 2.36 bits per heavy atom. The van der Waals surface area contributed by atoms with Crippen LogP contribution in [0.4, 0.5) is 0 Å². The number of carbonyl (C=O) groups is 1. The monoisotopic (exact) mass is 173 g/mol. The third kappa shape index (κ3) is 1.80. The molecule has 0 saturated carbocycles. The van der Waals surface area contributed by atoms with Gasteiger partial charge in [0.25, 0.3) is 5.24 Å². The van der Waals surface area contributed by atoms with Gasteiger partial charge in [-0.3, -0.25) is 4.79 Å². The summed E-state index contributed by atoms with van der Waals surface area (Å²) in [7, 11) is 0. The zero-order valence-corrected chi connectivity index (χ0v) is 7.05. The molecule has 0 radical (unpaired) electrons. The number of aromatic nitrogens is 1. The lowest BCUT2D eigenvalue weighted by Crippen LogP contribution is -1.86. The Morgan fingerprint density at radius 3 is 2.64 bits per heavy atom. The molecule has 1 aromatic rings. The van der Waals surface area contributed by atoms with Crippen molar-refractivity contribution in [1.29, 1.82) is 0 Å². The van der Waals surface area contributed by atoms with E-state index in [4.69, 9.17) is 16.1 Å². The normalized spacial score (nSPS) is 10.5. The van der Waals surface area contributed by atoms with Crippen LogP contribution < -0.4 is 0 Å². The minimum atomic E-state index is -0.583. The van der Waals surface area contributed by atoms with E-state index in [1.54, 1.807) is 6.07 Å². The lowest BCUT2D eigenvalue weighted by molar-refractivity contribution is 0.107. The first-order valence-corrected chi connectivity index (χ1v) is 3.65. The third-order valence-corrected chi connectivity index (χ3v) is 1.49. The highest BCUT2D eigenvalue weighted by Crippen LogP contribution is 2.15. The smallest absolute Gasteiger partial charge is 0.274 e. The summed E-state index contributed by atoms with van der Waals surface area (Å²) in [5.41, 5.74) is 0.176. The van der Waals surface area contributed by atoms with Crippen LogP contribution in [0, 0.1) is 0 Å². The van der Waals surface area contributed by atoms with Crippen molar-refractivity contribution < 1.29 is 9.32 Å². The summed E-state index contributed by atoms with van der Waals surface area (Å²) in [6.45, 7) is 3.89. The molecule has 1 heterocycles. The van der Waals surface area contributed by atoms with E-state index in [9.17, 15) is 4.79 Å². The van der Waals surface area contributed by atoms with E-state index in [0.717, 1.165) is 0 Å². The number of halogens is 1. The Labute approximate surface area is 69.3 Å². The van der Waals surface area contributed by atoms with Crippen LogP contribution in [0.2, 0.25) is 0 Å². The summed E-state index contributed by atoms with van der Waals surface area (Å²) >= 11 is 5.16. The van der Waals surface area contributed by atoms with E-state index >= 15 is 0 Å².